The first kappa shape index (κ1) is 13.9. The summed E-state index contributed by atoms with van der Waals surface area (Å²) in [6.45, 7) is 6.34. The molecule has 0 aromatic rings. The van der Waals surface area contributed by atoms with E-state index in [9.17, 15) is 8.42 Å². The first-order valence-electron chi connectivity index (χ1n) is 6.00. The lowest BCUT2D eigenvalue weighted by Crippen LogP contribution is -2.36. The van der Waals surface area contributed by atoms with Crippen LogP contribution in [-0.4, -0.2) is 45.2 Å². The van der Waals surface area contributed by atoms with Crippen LogP contribution in [0.1, 0.15) is 33.1 Å². The maximum atomic E-state index is 12.0. The molecule has 0 aromatic carbocycles. The van der Waals surface area contributed by atoms with Crippen molar-refractivity contribution in [3.05, 3.63) is 0 Å². The molecule has 4 nitrogen and oxygen atoms in total. The van der Waals surface area contributed by atoms with E-state index in [1.807, 2.05) is 0 Å². The van der Waals surface area contributed by atoms with Gasteiger partial charge in [0.1, 0.15) is 0 Å². The number of hydrogen-bond acceptors (Lipinski definition) is 3. The zero-order valence-corrected chi connectivity index (χ0v) is 11.4. The number of rotatable bonds is 4. The van der Waals surface area contributed by atoms with Crippen molar-refractivity contribution < 1.29 is 8.42 Å². The van der Waals surface area contributed by atoms with E-state index in [2.05, 4.69) is 19.2 Å². The van der Waals surface area contributed by atoms with Crippen molar-refractivity contribution in [3.8, 4) is 0 Å². The van der Waals surface area contributed by atoms with Gasteiger partial charge in [-0.25, -0.2) is 12.7 Å². The van der Waals surface area contributed by atoms with Gasteiger partial charge in [0, 0.05) is 19.6 Å². The quantitative estimate of drug-likeness (QED) is 0.809. The third kappa shape index (κ3) is 4.03. The molecule has 1 N–H and O–H groups in total. The van der Waals surface area contributed by atoms with Crippen molar-refractivity contribution in [2.75, 3.05) is 32.4 Å². The molecule has 1 heterocycles. The van der Waals surface area contributed by atoms with Crippen LogP contribution in [0.3, 0.4) is 0 Å². The number of hydrogen-bond donors (Lipinski definition) is 1. The van der Waals surface area contributed by atoms with Gasteiger partial charge in [-0.15, -0.1) is 0 Å². The summed E-state index contributed by atoms with van der Waals surface area (Å²) in [5.74, 6) is 0.212. The Morgan fingerprint density at radius 1 is 1.25 bits per heavy atom. The van der Waals surface area contributed by atoms with Gasteiger partial charge in [0.15, 0.2) is 0 Å². The fraction of sp³-hybridized carbons (Fsp3) is 1.00. The summed E-state index contributed by atoms with van der Waals surface area (Å²) in [7, 11) is -1.27. The number of nitrogens with one attached hydrogen (secondary N) is 1. The standard InChI is InChI=1S/C11H24N2O2S/c1-11(2)5-4-8-13(9-6-11)16(14,15)10-7-12-3/h12H,4-10H2,1-3H3. The first-order chi connectivity index (χ1) is 7.37. The van der Waals surface area contributed by atoms with Gasteiger partial charge in [-0.3, -0.25) is 0 Å². The van der Waals surface area contributed by atoms with Crippen molar-refractivity contribution in [2.24, 2.45) is 5.41 Å². The molecule has 0 aliphatic carbocycles. The van der Waals surface area contributed by atoms with E-state index in [-0.39, 0.29) is 11.2 Å². The molecule has 1 rings (SSSR count). The predicted molar refractivity (Wildman–Crippen MR) is 66.9 cm³/mol. The van der Waals surface area contributed by atoms with Crippen LogP contribution < -0.4 is 5.32 Å². The fourth-order valence-corrected chi connectivity index (χ4v) is 3.53. The third-order valence-electron chi connectivity index (χ3n) is 3.30. The summed E-state index contributed by atoms with van der Waals surface area (Å²) in [4.78, 5) is 0. The Morgan fingerprint density at radius 3 is 2.56 bits per heavy atom. The minimum absolute atomic E-state index is 0.212. The summed E-state index contributed by atoms with van der Waals surface area (Å²) in [5.41, 5.74) is 0.285. The van der Waals surface area contributed by atoms with Gasteiger partial charge < -0.3 is 5.32 Å². The van der Waals surface area contributed by atoms with Gasteiger partial charge >= 0.3 is 0 Å². The molecule has 0 amide bonds. The lowest BCUT2D eigenvalue weighted by atomic mass is 9.85. The second-order valence-electron chi connectivity index (χ2n) is 5.34. The summed E-state index contributed by atoms with van der Waals surface area (Å²) in [6.07, 6.45) is 3.06. The normalized spacial score (nSPS) is 22.9. The van der Waals surface area contributed by atoms with Crippen molar-refractivity contribution in [2.45, 2.75) is 33.1 Å². The highest BCUT2D eigenvalue weighted by atomic mass is 32.2. The highest BCUT2D eigenvalue weighted by Crippen LogP contribution is 2.30. The van der Waals surface area contributed by atoms with E-state index in [4.69, 9.17) is 0 Å². The van der Waals surface area contributed by atoms with E-state index in [1.165, 1.54) is 0 Å². The highest BCUT2D eigenvalue weighted by Gasteiger charge is 2.28. The van der Waals surface area contributed by atoms with E-state index < -0.39 is 10.0 Å². The first-order valence-corrected chi connectivity index (χ1v) is 7.61. The van der Waals surface area contributed by atoms with Gasteiger partial charge in [0.25, 0.3) is 0 Å². The summed E-state index contributed by atoms with van der Waals surface area (Å²) < 4.78 is 25.7. The molecule has 0 aromatic heterocycles. The highest BCUT2D eigenvalue weighted by molar-refractivity contribution is 7.89. The maximum Gasteiger partial charge on any atom is 0.215 e. The van der Waals surface area contributed by atoms with Gasteiger partial charge in [-0.1, -0.05) is 13.8 Å². The lowest BCUT2D eigenvalue weighted by molar-refractivity contribution is 0.315. The topological polar surface area (TPSA) is 49.4 Å². The Balaban J connectivity index is 2.60. The molecule has 0 unspecified atom stereocenters. The molecule has 16 heavy (non-hydrogen) atoms. The maximum absolute atomic E-state index is 12.0. The monoisotopic (exact) mass is 248 g/mol. The van der Waals surface area contributed by atoms with Crippen LogP contribution in [0.5, 0.6) is 0 Å². The van der Waals surface area contributed by atoms with Crippen molar-refractivity contribution >= 4 is 10.0 Å². The third-order valence-corrected chi connectivity index (χ3v) is 5.17. The molecule has 1 aliphatic heterocycles. The van der Waals surface area contributed by atoms with Crippen LogP contribution in [0.4, 0.5) is 0 Å². The second kappa shape index (κ2) is 5.47. The van der Waals surface area contributed by atoms with Crippen LogP contribution in [0.25, 0.3) is 0 Å². The van der Waals surface area contributed by atoms with E-state index >= 15 is 0 Å². The van der Waals surface area contributed by atoms with Gasteiger partial charge in [-0.05, 0) is 31.7 Å². The molecule has 96 valence electrons. The van der Waals surface area contributed by atoms with Crippen LogP contribution in [0, 0.1) is 5.41 Å². The van der Waals surface area contributed by atoms with Crippen molar-refractivity contribution in [1.29, 1.82) is 0 Å². The second-order valence-corrected chi connectivity index (χ2v) is 7.42. The van der Waals surface area contributed by atoms with Crippen LogP contribution in [-0.2, 0) is 10.0 Å². The average Bonchev–Trinajstić information content (AvgIpc) is 2.36. The Labute approximate surface area is 99.5 Å². The van der Waals surface area contributed by atoms with E-state index in [0.29, 0.717) is 19.6 Å². The van der Waals surface area contributed by atoms with Crippen molar-refractivity contribution in [3.63, 3.8) is 0 Å². The molecule has 5 heteroatoms. The molecule has 0 radical (unpaired) electrons. The lowest BCUT2D eigenvalue weighted by Gasteiger charge is -2.23. The van der Waals surface area contributed by atoms with Crippen LogP contribution in [0.15, 0.2) is 0 Å². The Kier molecular flexibility index (Phi) is 4.76. The largest absolute Gasteiger partial charge is 0.319 e. The zero-order valence-electron chi connectivity index (χ0n) is 10.6. The summed E-state index contributed by atoms with van der Waals surface area (Å²) in [6, 6.07) is 0. The molecule has 0 saturated carbocycles. The summed E-state index contributed by atoms with van der Waals surface area (Å²) in [5, 5.41) is 2.89. The summed E-state index contributed by atoms with van der Waals surface area (Å²) >= 11 is 0. The van der Waals surface area contributed by atoms with Gasteiger partial charge in [-0.2, -0.15) is 0 Å². The van der Waals surface area contributed by atoms with Gasteiger partial charge in [0.2, 0.25) is 10.0 Å². The minimum Gasteiger partial charge on any atom is -0.319 e. The molecule has 0 atom stereocenters. The Morgan fingerprint density at radius 2 is 1.94 bits per heavy atom. The Hall–Kier alpha value is -0.130. The van der Waals surface area contributed by atoms with Crippen LogP contribution >= 0.6 is 0 Å². The molecule has 0 bridgehead atoms. The van der Waals surface area contributed by atoms with Crippen LogP contribution in [0.2, 0.25) is 0 Å². The smallest absolute Gasteiger partial charge is 0.215 e. The molecule has 0 spiro atoms. The number of nitrogens with zero attached hydrogens (tertiary/aromatic N) is 1. The minimum atomic E-state index is -3.05. The fourth-order valence-electron chi connectivity index (χ4n) is 2.04. The SMILES string of the molecule is CNCCS(=O)(=O)N1CCCC(C)(C)CC1. The molecule has 1 aliphatic rings. The van der Waals surface area contributed by atoms with Crippen molar-refractivity contribution in [1.82, 2.24) is 9.62 Å². The molecule has 1 saturated heterocycles. The Bertz CT molecular complexity index is 312. The predicted octanol–water partition coefficient (Wildman–Crippen LogP) is 1.05. The molecular formula is C11H24N2O2S. The van der Waals surface area contributed by atoms with E-state index in [1.54, 1.807) is 11.4 Å². The number of sulfonamides is 1. The van der Waals surface area contributed by atoms with E-state index in [0.717, 1.165) is 19.3 Å². The molecule has 1 fully saturated rings. The zero-order chi connectivity index (χ0) is 12.2. The molecular weight excluding hydrogens is 224 g/mol. The van der Waals surface area contributed by atoms with Gasteiger partial charge in [0.05, 0.1) is 5.75 Å². The average molecular weight is 248 g/mol.